The number of halogens is 1. The number of rotatable bonds is 2. The smallest absolute Gasteiger partial charge is 0.259 e. The molecule has 2 aromatic heterocycles. The predicted molar refractivity (Wildman–Crippen MR) is 101 cm³/mol. The minimum Gasteiger partial charge on any atom is -0.330 e. The van der Waals surface area contributed by atoms with Gasteiger partial charge in [-0.15, -0.1) is 0 Å². The average molecular weight is 348 g/mol. The summed E-state index contributed by atoms with van der Waals surface area (Å²) >= 11 is 0. The van der Waals surface area contributed by atoms with Crippen LogP contribution in [0.2, 0.25) is 0 Å². The minimum absolute atomic E-state index is 0.0275. The summed E-state index contributed by atoms with van der Waals surface area (Å²) < 4.78 is 16.8. The highest BCUT2D eigenvalue weighted by Crippen LogP contribution is 2.32. The Morgan fingerprint density at radius 2 is 1.69 bits per heavy atom. The SMILES string of the molecule is CC(=O)c1cccc2c1c1cc(-c3ccc(F)cc3)c(=O)n(C)c1n2C. The zero-order valence-electron chi connectivity index (χ0n) is 14.7. The molecule has 4 rings (SSSR count). The van der Waals surface area contributed by atoms with Gasteiger partial charge >= 0.3 is 0 Å². The number of hydrogen-bond acceptors (Lipinski definition) is 2. The molecule has 0 aliphatic heterocycles. The van der Waals surface area contributed by atoms with Crippen LogP contribution in [0.4, 0.5) is 4.39 Å². The second kappa shape index (κ2) is 5.66. The number of aryl methyl sites for hydroxylation is 2. The van der Waals surface area contributed by atoms with Gasteiger partial charge < -0.3 is 4.57 Å². The Morgan fingerprint density at radius 3 is 2.35 bits per heavy atom. The predicted octanol–water partition coefficient (Wildman–Crippen LogP) is 4.04. The molecule has 0 bridgehead atoms. The highest BCUT2D eigenvalue weighted by molar-refractivity contribution is 6.18. The lowest BCUT2D eigenvalue weighted by Gasteiger charge is -2.08. The van der Waals surface area contributed by atoms with Crippen LogP contribution in [0, 0.1) is 5.82 Å². The van der Waals surface area contributed by atoms with Crippen LogP contribution in [0.15, 0.2) is 53.3 Å². The van der Waals surface area contributed by atoms with Crippen LogP contribution < -0.4 is 5.56 Å². The van der Waals surface area contributed by atoms with Gasteiger partial charge in [0.2, 0.25) is 0 Å². The fourth-order valence-corrected chi connectivity index (χ4v) is 3.66. The molecule has 0 spiro atoms. The number of Topliss-reactive ketones (excluding diaryl/α,β-unsaturated/α-hetero) is 1. The van der Waals surface area contributed by atoms with Gasteiger partial charge in [-0.2, -0.15) is 0 Å². The largest absolute Gasteiger partial charge is 0.330 e. The Kier molecular flexibility index (Phi) is 3.54. The summed E-state index contributed by atoms with van der Waals surface area (Å²) in [5.74, 6) is -0.379. The Balaban J connectivity index is 2.20. The first-order chi connectivity index (χ1) is 12.4. The van der Waals surface area contributed by atoms with Crippen molar-refractivity contribution in [2.75, 3.05) is 0 Å². The van der Waals surface area contributed by atoms with Gasteiger partial charge in [0.15, 0.2) is 5.78 Å². The summed E-state index contributed by atoms with van der Waals surface area (Å²) in [6.07, 6.45) is 0. The Labute approximate surface area is 149 Å². The van der Waals surface area contributed by atoms with Gasteiger partial charge in [-0.1, -0.05) is 24.3 Å². The van der Waals surface area contributed by atoms with E-state index in [2.05, 4.69) is 0 Å². The summed E-state index contributed by atoms with van der Waals surface area (Å²) in [4.78, 5) is 25.0. The van der Waals surface area contributed by atoms with Crippen molar-refractivity contribution >= 4 is 27.7 Å². The van der Waals surface area contributed by atoms with Crippen molar-refractivity contribution in [3.63, 3.8) is 0 Å². The third kappa shape index (κ3) is 2.20. The van der Waals surface area contributed by atoms with Gasteiger partial charge in [-0.05, 0) is 36.8 Å². The lowest BCUT2D eigenvalue weighted by molar-refractivity contribution is 0.101. The molecule has 0 fully saturated rings. The Bertz CT molecular complexity index is 1250. The molecule has 0 aliphatic carbocycles. The van der Waals surface area contributed by atoms with Crippen molar-refractivity contribution in [2.45, 2.75) is 6.92 Å². The average Bonchev–Trinajstić information content (AvgIpc) is 2.91. The molecular weight excluding hydrogens is 331 g/mol. The first-order valence-electron chi connectivity index (χ1n) is 8.28. The van der Waals surface area contributed by atoms with E-state index in [0.717, 1.165) is 21.9 Å². The molecule has 0 amide bonds. The molecule has 0 radical (unpaired) electrons. The van der Waals surface area contributed by atoms with Gasteiger partial charge in [-0.3, -0.25) is 14.2 Å². The van der Waals surface area contributed by atoms with Crippen molar-refractivity contribution in [3.05, 3.63) is 70.3 Å². The topological polar surface area (TPSA) is 44.0 Å². The number of hydrogen-bond donors (Lipinski definition) is 0. The van der Waals surface area contributed by atoms with E-state index in [0.29, 0.717) is 16.7 Å². The maximum atomic E-state index is 13.3. The summed E-state index contributed by atoms with van der Waals surface area (Å²) in [5.41, 5.74) is 3.21. The van der Waals surface area contributed by atoms with Crippen LogP contribution in [0.3, 0.4) is 0 Å². The molecule has 0 unspecified atom stereocenters. The quantitative estimate of drug-likeness (QED) is 0.513. The standard InChI is InChI=1S/C21H17FN2O2/c1-12(25)15-5-4-6-18-19(15)17-11-16(13-7-9-14(22)10-8-13)21(26)24(3)20(17)23(18)2/h4-11H,1-3H3. The van der Waals surface area contributed by atoms with Crippen molar-refractivity contribution in [1.29, 1.82) is 0 Å². The molecule has 0 atom stereocenters. The summed E-state index contributed by atoms with van der Waals surface area (Å²) in [6, 6.07) is 13.2. The van der Waals surface area contributed by atoms with Crippen LogP contribution in [-0.4, -0.2) is 14.9 Å². The highest BCUT2D eigenvalue weighted by atomic mass is 19.1. The van der Waals surface area contributed by atoms with E-state index in [-0.39, 0.29) is 17.2 Å². The summed E-state index contributed by atoms with van der Waals surface area (Å²) in [5, 5.41) is 1.66. The van der Waals surface area contributed by atoms with E-state index in [1.54, 1.807) is 35.9 Å². The third-order valence-corrected chi connectivity index (χ3v) is 4.91. The molecule has 0 aliphatic rings. The molecule has 5 heteroatoms. The fourth-order valence-electron chi connectivity index (χ4n) is 3.66. The molecule has 0 saturated heterocycles. The van der Waals surface area contributed by atoms with E-state index in [1.807, 2.05) is 23.7 Å². The van der Waals surface area contributed by atoms with E-state index < -0.39 is 0 Å². The van der Waals surface area contributed by atoms with Crippen LogP contribution in [0.1, 0.15) is 17.3 Å². The molecule has 4 nitrogen and oxygen atoms in total. The molecule has 26 heavy (non-hydrogen) atoms. The Morgan fingerprint density at radius 1 is 1.00 bits per heavy atom. The molecule has 0 N–H and O–H groups in total. The van der Waals surface area contributed by atoms with Crippen molar-refractivity contribution < 1.29 is 9.18 Å². The second-order valence-electron chi connectivity index (χ2n) is 6.48. The normalized spacial score (nSPS) is 11.4. The zero-order chi connectivity index (χ0) is 18.6. The highest BCUT2D eigenvalue weighted by Gasteiger charge is 2.19. The van der Waals surface area contributed by atoms with Gasteiger partial charge in [0.25, 0.3) is 5.56 Å². The molecule has 2 aromatic carbocycles. The summed E-state index contributed by atoms with van der Waals surface area (Å²) in [7, 11) is 3.59. The minimum atomic E-state index is -0.351. The van der Waals surface area contributed by atoms with Crippen molar-refractivity contribution in [1.82, 2.24) is 9.13 Å². The molecule has 4 aromatic rings. The number of fused-ring (bicyclic) bond motifs is 3. The van der Waals surface area contributed by atoms with Crippen molar-refractivity contribution in [2.24, 2.45) is 14.1 Å². The van der Waals surface area contributed by atoms with Crippen LogP contribution in [0.25, 0.3) is 33.1 Å². The van der Waals surface area contributed by atoms with Gasteiger partial charge in [0.05, 0.1) is 5.52 Å². The number of carbonyl (C=O) groups excluding carboxylic acids is 1. The number of aromatic nitrogens is 2. The maximum Gasteiger partial charge on any atom is 0.259 e. The van der Waals surface area contributed by atoms with Crippen LogP contribution >= 0.6 is 0 Å². The number of nitrogens with zero attached hydrogens (tertiary/aromatic N) is 2. The van der Waals surface area contributed by atoms with Gasteiger partial charge in [0, 0.05) is 36.0 Å². The zero-order valence-corrected chi connectivity index (χ0v) is 14.7. The lowest BCUT2D eigenvalue weighted by atomic mass is 10.0. The number of benzene rings is 2. The van der Waals surface area contributed by atoms with Gasteiger partial charge in [0.1, 0.15) is 11.5 Å². The summed E-state index contributed by atoms with van der Waals surface area (Å²) in [6.45, 7) is 1.54. The molecule has 130 valence electrons. The lowest BCUT2D eigenvalue weighted by Crippen LogP contribution is -2.20. The van der Waals surface area contributed by atoms with Crippen LogP contribution in [0.5, 0.6) is 0 Å². The fraction of sp³-hybridized carbons (Fsp3) is 0.143. The molecule has 2 heterocycles. The van der Waals surface area contributed by atoms with Crippen molar-refractivity contribution in [3.8, 4) is 11.1 Å². The third-order valence-electron chi connectivity index (χ3n) is 4.91. The second-order valence-corrected chi connectivity index (χ2v) is 6.48. The first-order valence-corrected chi connectivity index (χ1v) is 8.28. The number of ketones is 1. The van der Waals surface area contributed by atoms with Gasteiger partial charge in [-0.25, -0.2) is 4.39 Å². The first kappa shape index (κ1) is 16.3. The number of pyridine rings is 1. The number of carbonyl (C=O) groups is 1. The maximum absolute atomic E-state index is 13.3. The van der Waals surface area contributed by atoms with E-state index in [4.69, 9.17) is 0 Å². The van der Waals surface area contributed by atoms with E-state index in [9.17, 15) is 14.0 Å². The molecular formula is C21H17FN2O2. The molecule has 0 saturated carbocycles. The van der Waals surface area contributed by atoms with E-state index >= 15 is 0 Å². The van der Waals surface area contributed by atoms with E-state index in [1.165, 1.54) is 19.1 Å². The Hall–Kier alpha value is -3.21. The van der Waals surface area contributed by atoms with Crippen LogP contribution in [-0.2, 0) is 14.1 Å². The monoisotopic (exact) mass is 348 g/mol.